The third kappa shape index (κ3) is 3.60. The Kier molecular flexibility index (Phi) is 4.35. The maximum absolute atomic E-state index is 12.3. The van der Waals surface area contributed by atoms with E-state index < -0.39 is 18.8 Å². The molecule has 0 amide bonds. The molecule has 1 atom stereocenters. The summed E-state index contributed by atoms with van der Waals surface area (Å²) in [6.45, 7) is 1.25. The number of fused-ring (bicyclic) bond motifs is 1. The Balaban J connectivity index is 2.15. The Morgan fingerprint density at radius 2 is 2.19 bits per heavy atom. The van der Waals surface area contributed by atoms with E-state index in [0.29, 0.717) is 10.7 Å². The first-order valence-electron chi connectivity index (χ1n) is 6.08. The van der Waals surface area contributed by atoms with Gasteiger partial charge >= 0.3 is 6.18 Å². The molecule has 0 saturated heterocycles. The van der Waals surface area contributed by atoms with Gasteiger partial charge in [-0.25, -0.2) is 4.98 Å². The van der Waals surface area contributed by atoms with Crippen LogP contribution in [-0.4, -0.2) is 45.3 Å². The highest BCUT2D eigenvalue weighted by Gasteiger charge is 2.38. The van der Waals surface area contributed by atoms with Crippen molar-refractivity contribution in [2.75, 3.05) is 13.6 Å². The second-order valence-electron chi connectivity index (χ2n) is 4.83. The van der Waals surface area contributed by atoms with Crippen molar-refractivity contribution in [1.82, 2.24) is 14.3 Å². The molecular formula is C12H14F3N3O2S. The van der Waals surface area contributed by atoms with E-state index in [1.807, 2.05) is 0 Å². The highest BCUT2D eigenvalue weighted by molar-refractivity contribution is 7.15. The molecule has 0 fully saturated rings. The number of halogens is 3. The molecule has 116 valence electrons. The van der Waals surface area contributed by atoms with Crippen LogP contribution in [-0.2, 0) is 6.54 Å². The monoisotopic (exact) mass is 321 g/mol. The molecule has 2 heterocycles. The van der Waals surface area contributed by atoms with Crippen LogP contribution in [0.15, 0.2) is 16.2 Å². The molecule has 0 bridgehead atoms. The van der Waals surface area contributed by atoms with E-state index in [4.69, 9.17) is 5.11 Å². The van der Waals surface area contributed by atoms with E-state index in [1.165, 1.54) is 33.8 Å². The van der Waals surface area contributed by atoms with Crippen molar-refractivity contribution in [3.63, 3.8) is 0 Å². The maximum atomic E-state index is 12.3. The number of alkyl halides is 3. The van der Waals surface area contributed by atoms with Gasteiger partial charge in [-0.1, -0.05) is 0 Å². The summed E-state index contributed by atoms with van der Waals surface area (Å²) in [4.78, 5) is 17.9. The summed E-state index contributed by atoms with van der Waals surface area (Å²) in [5, 5.41) is 10.8. The second-order valence-corrected chi connectivity index (χ2v) is 5.67. The predicted octanol–water partition coefficient (Wildman–Crippen LogP) is 1.42. The summed E-state index contributed by atoms with van der Waals surface area (Å²) in [7, 11) is 1.43. The Bertz CT molecular complexity index is 695. The third-order valence-electron chi connectivity index (χ3n) is 2.92. The van der Waals surface area contributed by atoms with Gasteiger partial charge in [-0.2, -0.15) is 13.2 Å². The van der Waals surface area contributed by atoms with Crippen molar-refractivity contribution in [2.45, 2.75) is 25.7 Å². The van der Waals surface area contributed by atoms with Gasteiger partial charge in [0.25, 0.3) is 5.56 Å². The number of nitrogens with zero attached hydrogens (tertiary/aromatic N) is 3. The van der Waals surface area contributed by atoms with Crippen LogP contribution < -0.4 is 5.56 Å². The van der Waals surface area contributed by atoms with Crippen LogP contribution >= 0.6 is 11.3 Å². The van der Waals surface area contributed by atoms with E-state index in [1.54, 1.807) is 12.3 Å². The number of aliphatic hydroxyl groups is 1. The molecule has 0 spiro atoms. The smallest absolute Gasteiger partial charge is 0.382 e. The van der Waals surface area contributed by atoms with Crippen LogP contribution in [0.4, 0.5) is 13.2 Å². The molecular weight excluding hydrogens is 307 g/mol. The summed E-state index contributed by atoms with van der Waals surface area (Å²) in [5.41, 5.74) is 0.872. The van der Waals surface area contributed by atoms with Crippen molar-refractivity contribution in [2.24, 2.45) is 0 Å². The van der Waals surface area contributed by atoms with Crippen molar-refractivity contribution < 1.29 is 18.3 Å². The topological polar surface area (TPSA) is 57.8 Å². The number of hydrogen-bond donors (Lipinski definition) is 1. The van der Waals surface area contributed by atoms with Crippen molar-refractivity contribution in [3.8, 4) is 0 Å². The first-order chi connectivity index (χ1) is 9.68. The maximum Gasteiger partial charge on any atom is 0.415 e. The molecule has 2 aromatic rings. The largest absolute Gasteiger partial charge is 0.415 e. The van der Waals surface area contributed by atoms with Crippen molar-refractivity contribution in [1.29, 1.82) is 0 Å². The van der Waals surface area contributed by atoms with Gasteiger partial charge in [-0.15, -0.1) is 11.3 Å². The van der Waals surface area contributed by atoms with Crippen LogP contribution in [0.2, 0.25) is 0 Å². The number of aliphatic hydroxyl groups excluding tert-OH is 1. The number of thiazole rings is 1. The van der Waals surface area contributed by atoms with Gasteiger partial charge in [0.2, 0.25) is 0 Å². The fourth-order valence-electron chi connectivity index (χ4n) is 1.92. The molecule has 9 heteroatoms. The molecule has 21 heavy (non-hydrogen) atoms. The van der Waals surface area contributed by atoms with E-state index >= 15 is 0 Å². The quantitative estimate of drug-likeness (QED) is 0.925. The first kappa shape index (κ1) is 15.9. The van der Waals surface area contributed by atoms with Crippen LogP contribution in [0.5, 0.6) is 0 Å². The van der Waals surface area contributed by atoms with Gasteiger partial charge in [-0.05, 0) is 14.0 Å². The lowest BCUT2D eigenvalue weighted by Gasteiger charge is -2.21. The van der Waals surface area contributed by atoms with Gasteiger partial charge < -0.3 is 5.11 Å². The average molecular weight is 321 g/mol. The Hall–Kier alpha value is -1.45. The lowest BCUT2D eigenvalue weighted by atomic mass is 10.3. The molecule has 0 aromatic carbocycles. The van der Waals surface area contributed by atoms with Crippen molar-refractivity contribution in [3.05, 3.63) is 33.2 Å². The number of likely N-dealkylation sites (N-methyl/N-ethyl adjacent to an activating group) is 1. The number of hydrogen-bond acceptors (Lipinski definition) is 5. The normalized spacial score (nSPS) is 14.0. The minimum atomic E-state index is -4.66. The van der Waals surface area contributed by atoms with Gasteiger partial charge in [0.05, 0.1) is 5.69 Å². The minimum Gasteiger partial charge on any atom is -0.382 e. The summed E-state index contributed by atoms with van der Waals surface area (Å²) < 4.78 is 38.3. The molecule has 2 rings (SSSR count). The second kappa shape index (κ2) is 5.74. The van der Waals surface area contributed by atoms with Gasteiger partial charge in [0.15, 0.2) is 11.1 Å². The Morgan fingerprint density at radius 3 is 2.81 bits per heavy atom. The van der Waals surface area contributed by atoms with Crippen LogP contribution in [0, 0.1) is 6.92 Å². The average Bonchev–Trinajstić information content (AvgIpc) is 2.69. The summed E-state index contributed by atoms with van der Waals surface area (Å²) >= 11 is 1.29. The predicted molar refractivity (Wildman–Crippen MR) is 72.5 cm³/mol. The zero-order valence-corrected chi connectivity index (χ0v) is 12.2. The lowest BCUT2D eigenvalue weighted by molar-refractivity contribution is -0.207. The number of rotatable bonds is 4. The molecule has 1 N–H and O–H groups in total. The zero-order chi connectivity index (χ0) is 15.8. The van der Waals surface area contributed by atoms with Gasteiger partial charge in [0.1, 0.15) is 0 Å². The molecule has 0 aliphatic carbocycles. The van der Waals surface area contributed by atoms with E-state index in [2.05, 4.69) is 4.98 Å². The van der Waals surface area contributed by atoms with E-state index in [9.17, 15) is 18.0 Å². The van der Waals surface area contributed by atoms with Crippen LogP contribution in [0.25, 0.3) is 4.96 Å². The molecule has 2 aromatic heterocycles. The zero-order valence-electron chi connectivity index (χ0n) is 11.4. The molecule has 0 aliphatic heterocycles. The van der Waals surface area contributed by atoms with E-state index in [0.717, 1.165) is 5.69 Å². The standard InChI is InChI=1S/C12H14F3N3O2S/c1-7-6-21-11-16-8(3-10(20)18(7)11)4-17(2)5-9(19)12(13,14)15/h3,6,9,19H,4-5H2,1-2H3. The molecule has 1 unspecified atom stereocenters. The summed E-state index contributed by atoms with van der Waals surface area (Å²) in [6, 6.07) is 1.29. The fourth-order valence-corrected chi connectivity index (χ4v) is 2.81. The molecule has 0 aliphatic rings. The summed E-state index contributed by atoms with van der Waals surface area (Å²) in [6.07, 6.45) is -7.08. The highest BCUT2D eigenvalue weighted by atomic mass is 32.1. The van der Waals surface area contributed by atoms with Crippen LogP contribution in [0.3, 0.4) is 0 Å². The Labute approximate surface area is 122 Å². The van der Waals surface area contributed by atoms with Crippen molar-refractivity contribution >= 4 is 16.3 Å². The lowest BCUT2D eigenvalue weighted by Crippen LogP contribution is -2.39. The third-order valence-corrected chi connectivity index (χ3v) is 3.87. The summed E-state index contributed by atoms with van der Waals surface area (Å²) in [5.74, 6) is 0. The fraction of sp³-hybridized carbons (Fsp3) is 0.500. The molecule has 0 radical (unpaired) electrons. The SMILES string of the molecule is Cc1csc2nc(CN(C)CC(O)C(F)(F)F)cc(=O)n12. The molecule has 5 nitrogen and oxygen atoms in total. The van der Waals surface area contributed by atoms with Gasteiger partial charge in [0, 0.05) is 30.2 Å². The molecule has 0 saturated carbocycles. The number of aryl methyl sites for hydroxylation is 1. The van der Waals surface area contributed by atoms with E-state index in [-0.39, 0.29) is 12.1 Å². The first-order valence-corrected chi connectivity index (χ1v) is 6.96. The minimum absolute atomic E-state index is 0.0514. The highest BCUT2D eigenvalue weighted by Crippen LogP contribution is 2.20. The van der Waals surface area contributed by atoms with Gasteiger partial charge in [-0.3, -0.25) is 14.1 Å². The van der Waals surface area contributed by atoms with Crippen LogP contribution in [0.1, 0.15) is 11.4 Å². The Morgan fingerprint density at radius 1 is 1.52 bits per heavy atom. The number of aromatic nitrogens is 2.